The van der Waals surface area contributed by atoms with Crippen LogP contribution >= 0.6 is 11.6 Å². The van der Waals surface area contributed by atoms with Crippen LogP contribution in [0.2, 0.25) is 5.02 Å². The van der Waals surface area contributed by atoms with Gasteiger partial charge in [0.05, 0.1) is 5.69 Å². The number of unbranched alkanes of at least 4 members (excludes halogenated alkanes) is 1. The van der Waals surface area contributed by atoms with Gasteiger partial charge in [-0.2, -0.15) is 4.31 Å². The van der Waals surface area contributed by atoms with Crippen molar-refractivity contribution in [3.63, 3.8) is 0 Å². The number of anilines is 1. The zero-order valence-corrected chi connectivity index (χ0v) is 14.1. The summed E-state index contributed by atoms with van der Waals surface area (Å²) in [7, 11) is -3.97. The Balaban J connectivity index is 3.35. The monoisotopic (exact) mass is 336 g/mol. The third-order valence-corrected chi connectivity index (χ3v) is 5.66. The minimum atomic E-state index is -3.97. The van der Waals surface area contributed by atoms with Gasteiger partial charge in [-0.1, -0.05) is 31.9 Å². The summed E-state index contributed by atoms with van der Waals surface area (Å²) >= 11 is 5.82. The molecular weight excluding hydrogens is 315 g/mol. The summed E-state index contributed by atoms with van der Waals surface area (Å²) in [5, 5.41) is 0.104. The van der Waals surface area contributed by atoms with Crippen LogP contribution in [0.25, 0.3) is 0 Å². The minimum absolute atomic E-state index is 0.104. The van der Waals surface area contributed by atoms with Gasteiger partial charge in [0, 0.05) is 17.6 Å². The molecule has 0 amide bonds. The summed E-state index contributed by atoms with van der Waals surface area (Å²) in [4.78, 5) is -0.455. The highest BCUT2D eigenvalue weighted by molar-refractivity contribution is 7.89. The number of benzene rings is 1. The molecule has 0 aliphatic carbocycles. The van der Waals surface area contributed by atoms with Crippen molar-refractivity contribution >= 4 is 27.3 Å². The van der Waals surface area contributed by atoms with Crippen LogP contribution in [0.1, 0.15) is 40.0 Å². The molecule has 0 heterocycles. The summed E-state index contributed by atoms with van der Waals surface area (Å²) in [6, 6.07) is 2.10. The number of nitrogens with two attached hydrogens (primary N) is 1. The number of nitrogen functional groups attached to an aromatic ring is 1. The zero-order chi connectivity index (χ0) is 16.2. The maximum Gasteiger partial charge on any atom is 0.246 e. The summed E-state index contributed by atoms with van der Waals surface area (Å²) in [5.41, 5.74) is 5.22. The van der Waals surface area contributed by atoms with Crippen LogP contribution in [-0.4, -0.2) is 25.3 Å². The Bertz CT molecular complexity index is 593. The smallest absolute Gasteiger partial charge is 0.246 e. The van der Waals surface area contributed by atoms with Gasteiger partial charge in [-0.25, -0.2) is 12.8 Å². The highest BCUT2D eigenvalue weighted by Crippen LogP contribution is 2.29. The van der Waals surface area contributed by atoms with Crippen molar-refractivity contribution in [2.45, 2.75) is 51.0 Å². The highest BCUT2D eigenvalue weighted by atomic mass is 35.5. The number of sulfonamides is 1. The Hall–Kier alpha value is -0.850. The molecule has 1 atom stereocenters. The maximum absolute atomic E-state index is 14.1. The van der Waals surface area contributed by atoms with Crippen molar-refractivity contribution < 1.29 is 12.8 Å². The predicted molar refractivity (Wildman–Crippen MR) is 84.4 cm³/mol. The molecule has 4 nitrogen and oxygen atoms in total. The number of hydrogen-bond donors (Lipinski definition) is 1. The Morgan fingerprint density at radius 3 is 2.52 bits per heavy atom. The van der Waals surface area contributed by atoms with Crippen LogP contribution in [0.4, 0.5) is 10.1 Å². The quantitative estimate of drug-likeness (QED) is 0.773. The zero-order valence-electron chi connectivity index (χ0n) is 12.6. The van der Waals surface area contributed by atoms with E-state index < -0.39 is 20.7 Å². The lowest BCUT2D eigenvalue weighted by Crippen LogP contribution is -2.39. The summed E-state index contributed by atoms with van der Waals surface area (Å²) in [6.07, 6.45) is 2.20. The Labute approximate surface area is 131 Å². The highest BCUT2D eigenvalue weighted by Gasteiger charge is 2.31. The van der Waals surface area contributed by atoms with Crippen LogP contribution in [0, 0.1) is 5.82 Å². The second kappa shape index (κ2) is 7.42. The summed E-state index contributed by atoms with van der Waals surface area (Å²) in [5.74, 6) is -0.941. The van der Waals surface area contributed by atoms with E-state index in [9.17, 15) is 12.8 Å². The van der Waals surface area contributed by atoms with Crippen molar-refractivity contribution in [3.8, 4) is 0 Å². The summed E-state index contributed by atoms with van der Waals surface area (Å²) in [6.45, 7) is 6.01. The molecule has 0 aromatic heterocycles. The van der Waals surface area contributed by atoms with Crippen LogP contribution < -0.4 is 5.73 Å². The van der Waals surface area contributed by atoms with Crippen LogP contribution in [0.3, 0.4) is 0 Å². The van der Waals surface area contributed by atoms with Gasteiger partial charge in [0.1, 0.15) is 4.90 Å². The first kappa shape index (κ1) is 18.2. The van der Waals surface area contributed by atoms with Crippen molar-refractivity contribution in [2.24, 2.45) is 0 Å². The molecule has 0 aliphatic rings. The molecule has 0 aliphatic heterocycles. The van der Waals surface area contributed by atoms with Crippen molar-refractivity contribution in [2.75, 3.05) is 12.3 Å². The predicted octanol–water partition coefficient (Wildman–Crippen LogP) is 3.65. The molecular formula is C14H22ClFN2O2S. The van der Waals surface area contributed by atoms with Crippen LogP contribution in [-0.2, 0) is 10.0 Å². The SMILES string of the molecule is CCCCN(C(C)CC)S(=O)(=O)c1cc(Cl)cc(N)c1F. The molecule has 0 bridgehead atoms. The standard InChI is InChI=1S/C14H22ClFN2O2S/c1-4-6-7-18(10(3)5-2)21(19,20)13-9-11(15)8-12(17)14(13)16/h8-10H,4-7,17H2,1-3H3. The van der Waals surface area contributed by atoms with Crippen molar-refractivity contribution in [3.05, 3.63) is 23.0 Å². The second-order valence-corrected chi connectivity index (χ2v) is 7.33. The lowest BCUT2D eigenvalue weighted by atomic mass is 10.2. The molecule has 1 unspecified atom stereocenters. The first-order valence-electron chi connectivity index (χ1n) is 7.02. The molecule has 0 radical (unpaired) electrons. The molecule has 1 aromatic carbocycles. The molecule has 0 spiro atoms. The number of hydrogen-bond acceptors (Lipinski definition) is 3. The van der Waals surface area contributed by atoms with Gasteiger partial charge in [0.2, 0.25) is 10.0 Å². The molecule has 0 saturated heterocycles. The molecule has 1 rings (SSSR count). The molecule has 21 heavy (non-hydrogen) atoms. The summed E-state index contributed by atoms with van der Waals surface area (Å²) < 4.78 is 40.9. The molecule has 1 aromatic rings. The van der Waals surface area contributed by atoms with E-state index in [0.29, 0.717) is 19.4 Å². The normalized spacial score (nSPS) is 13.6. The average molecular weight is 337 g/mol. The Morgan fingerprint density at radius 2 is 2.00 bits per heavy atom. The van der Waals surface area contributed by atoms with E-state index in [4.69, 9.17) is 17.3 Å². The van der Waals surface area contributed by atoms with E-state index in [1.807, 2.05) is 13.8 Å². The van der Waals surface area contributed by atoms with E-state index in [-0.39, 0.29) is 16.8 Å². The number of rotatable bonds is 7. The lowest BCUT2D eigenvalue weighted by Gasteiger charge is -2.28. The Morgan fingerprint density at radius 1 is 1.38 bits per heavy atom. The Kier molecular flexibility index (Phi) is 6.43. The van der Waals surface area contributed by atoms with E-state index in [1.165, 1.54) is 10.4 Å². The van der Waals surface area contributed by atoms with Gasteiger partial charge in [-0.3, -0.25) is 0 Å². The fraction of sp³-hybridized carbons (Fsp3) is 0.571. The van der Waals surface area contributed by atoms with E-state index in [1.54, 1.807) is 6.92 Å². The van der Waals surface area contributed by atoms with Gasteiger partial charge in [0.15, 0.2) is 5.82 Å². The van der Waals surface area contributed by atoms with Crippen molar-refractivity contribution in [1.82, 2.24) is 4.31 Å². The molecule has 2 N–H and O–H groups in total. The average Bonchev–Trinajstić information content (AvgIpc) is 2.42. The van der Waals surface area contributed by atoms with Crippen LogP contribution in [0.5, 0.6) is 0 Å². The van der Waals surface area contributed by atoms with E-state index in [0.717, 1.165) is 12.5 Å². The minimum Gasteiger partial charge on any atom is -0.396 e. The molecule has 7 heteroatoms. The molecule has 0 fully saturated rings. The maximum atomic E-state index is 14.1. The fourth-order valence-electron chi connectivity index (χ4n) is 1.99. The third-order valence-electron chi connectivity index (χ3n) is 3.43. The number of nitrogens with zero attached hydrogens (tertiary/aromatic N) is 1. The van der Waals surface area contributed by atoms with Crippen LogP contribution in [0.15, 0.2) is 17.0 Å². The molecule has 0 saturated carbocycles. The van der Waals surface area contributed by atoms with Gasteiger partial charge >= 0.3 is 0 Å². The first-order chi connectivity index (χ1) is 9.75. The van der Waals surface area contributed by atoms with E-state index >= 15 is 0 Å². The lowest BCUT2D eigenvalue weighted by molar-refractivity contribution is 0.323. The topological polar surface area (TPSA) is 63.4 Å². The van der Waals surface area contributed by atoms with Crippen molar-refractivity contribution in [1.29, 1.82) is 0 Å². The fourth-order valence-corrected chi connectivity index (χ4v) is 4.15. The van der Waals surface area contributed by atoms with Gasteiger partial charge < -0.3 is 5.73 Å². The van der Waals surface area contributed by atoms with Gasteiger partial charge in [0.25, 0.3) is 0 Å². The third kappa shape index (κ3) is 4.08. The number of halogens is 2. The van der Waals surface area contributed by atoms with E-state index in [2.05, 4.69) is 0 Å². The first-order valence-corrected chi connectivity index (χ1v) is 8.83. The van der Waals surface area contributed by atoms with Gasteiger partial charge in [-0.05, 0) is 31.9 Å². The molecule has 120 valence electrons. The van der Waals surface area contributed by atoms with Gasteiger partial charge in [-0.15, -0.1) is 0 Å². The second-order valence-electron chi connectivity index (χ2n) is 5.03. The largest absolute Gasteiger partial charge is 0.396 e.